The molecule has 1 aromatic rings. The molecule has 5 rings (SSSR count). The van der Waals surface area contributed by atoms with Gasteiger partial charge >= 0.3 is 0 Å². The molecule has 0 aromatic heterocycles. The van der Waals surface area contributed by atoms with Crippen molar-refractivity contribution in [1.82, 2.24) is 5.43 Å². The van der Waals surface area contributed by atoms with Crippen molar-refractivity contribution in [3.63, 3.8) is 0 Å². The minimum atomic E-state index is -0.116. The van der Waals surface area contributed by atoms with Gasteiger partial charge in [0.25, 0.3) is 0 Å². The highest BCUT2D eigenvalue weighted by molar-refractivity contribution is 5.99. The van der Waals surface area contributed by atoms with Crippen molar-refractivity contribution in [1.29, 1.82) is 0 Å². The summed E-state index contributed by atoms with van der Waals surface area (Å²) in [5.41, 5.74) is 4.71. The summed E-state index contributed by atoms with van der Waals surface area (Å²) in [6, 6.07) is 10.0. The topological polar surface area (TPSA) is 41.5 Å². The van der Waals surface area contributed by atoms with Crippen molar-refractivity contribution in [3.8, 4) is 0 Å². The van der Waals surface area contributed by atoms with Crippen molar-refractivity contribution in [2.45, 2.75) is 45.4 Å². The van der Waals surface area contributed by atoms with Crippen LogP contribution in [0.3, 0.4) is 0 Å². The first-order valence-electron chi connectivity index (χ1n) is 8.55. The Bertz CT molecular complexity index is 570. The zero-order chi connectivity index (χ0) is 15.2. The molecule has 0 heterocycles. The van der Waals surface area contributed by atoms with Crippen LogP contribution < -0.4 is 5.43 Å². The second-order valence-corrected chi connectivity index (χ2v) is 7.70. The van der Waals surface area contributed by atoms with Crippen molar-refractivity contribution in [3.05, 3.63) is 35.9 Å². The largest absolute Gasteiger partial charge is 0.273 e. The number of carbonyl (C=O) groups is 1. The fourth-order valence-corrected chi connectivity index (χ4v) is 5.39. The number of nitrogens with zero attached hydrogens (tertiary/aromatic N) is 1. The SMILES string of the molecule is CC(=NNC(=O)C12CC3CC(CC(C3)C1)C2)c1ccccc1. The van der Waals surface area contributed by atoms with E-state index in [0.29, 0.717) is 0 Å². The van der Waals surface area contributed by atoms with Crippen LogP contribution in [0.4, 0.5) is 0 Å². The second-order valence-electron chi connectivity index (χ2n) is 7.70. The lowest BCUT2D eigenvalue weighted by Gasteiger charge is -2.55. The lowest BCUT2D eigenvalue weighted by Crippen LogP contribution is -2.52. The highest BCUT2D eigenvalue weighted by Gasteiger charge is 2.54. The lowest BCUT2D eigenvalue weighted by atomic mass is 9.49. The third-order valence-electron chi connectivity index (χ3n) is 6.04. The number of hydrogen-bond acceptors (Lipinski definition) is 2. The Morgan fingerprint density at radius 1 is 1.05 bits per heavy atom. The van der Waals surface area contributed by atoms with Gasteiger partial charge in [-0.3, -0.25) is 4.79 Å². The van der Waals surface area contributed by atoms with Gasteiger partial charge < -0.3 is 0 Å². The van der Waals surface area contributed by atoms with E-state index in [-0.39, 0.29) is 11.3 Å². The van der Waals surface area contributed by atoms with E-state index in [1.165, 1.54) is 19.3 Å². The molecule has 1 amide bonds. The van der Waals surface area contributed by atoms with E-state index in [9.17, 15) is 4.79 Å². The molecular weight excluding hydrogens is 272 g/mol. The van der Waals surface area contributed by atoms with Gasteiger partial charge in [-0.15, -0.1) is 0 Å². The molecule has 0 atom stereocenters. The van der Waals surface area contributed by atoms with Crippen LogP contribution in [-0.4, -0.2) is 11.6 Å². The van der Waals surface area contributed by atoms with E-state index in [0.717, 1.165) is 48.3 Å². The highest BCUT2D eigenvalue weighted by atomic mass is 16.2. The van der Waals surface area contributed by atoms with Crippen molar-refractivity contribution < 1.29 is 4.79 Å². The molecule has 1 N–H and O–H groups in total. The fourth-order valence-electron chi connectivity index (χ4n) is 5.39. The third kappa shape index (κ3) is 2.37. The Labute approximate surface area is 132 Å². The Kier molecular flexibility index (Phi) is 3.32. The molecular formula is C19H24N2O. The molecule has 0 unspecified atom stereocenters. The molecule has 0 radical (unpaired) electrons. The van der Waals surface area contributed by atoms with Crippen LogP contribution in [0.25, 0.3) is 0 Å². The van der Waals surface area contributed by atoms with Gasteiger partial charge in [0.2, 0.25) is 5.91 Å². The number of amides is 1. The minimum absolute atomic E-state index is 0.116. The zero-order valence-electron chi connectivity index (χ0n) is 13.2. The predicted octanol–water partition coefficient (Wildman–Crippen LogP) is 3.74. The monoisotopic (exact) mass is 296 g/mol. The average molecular weight is 296 g/mol. The number of nitrogens with one attached hydrogen (secondary N) is 1. The number of hydrogen-bond donors (Lipinski definition) is 1. The first-order valence-corrected chi connectivity index (χ1v) is 8.55. The summed E-state index contributed by atoms with van der Waals surface area (Å²) in [7, 11) is 0. The van der Waals surface area contributed by atoms with Gasteiger partial charge in [0.15, 0.2) is 0 Å². The summed E-state index contributed by atoms with van der Waals surface area (Å²) in [5, 5.41) is 4.37. The molecule has 3 nitrogen and oxygen atoms in total. The summed E-state index contributed by atoms with van der Waals surface area (Å²) in [6.07, 6.45) is 7.34. The molecule has 22 heavy (non-hydrogen) atoms. The maximum absolute atomic E-state index is 12.8. The predicted molar refractivity (Wildman–Crippen MR) is 87.4 cm³/mol. The summed E-state index contributed by atoms with van der Waals surface area (Å²) < 4.78 is 0. The maximum atomic E-state index is 12.8. The van der Waals surface area contributed by atoms with Crippen LogP contribution in [0.2, 0.25) is 0 Å². The van der Waals surface area contributed by atoms with Crippen molar-refractivity contribution in [2.24, 2.45) is 28.3 Å². The molecule has 4 fully saturated rings. The molecule has 0 saturated heterocycles. The van der Waals surface area contributed by atoms with E-state index in [1.54, 1.807) is 0 Å². The minimum Gasteiger partial charge on any atom is -0.273 e. The Hall–Kier alpha value is -1.64. The zero-order valence-corrected chi connectivity index (χ0v) is 13.2. The van der Waals surface area contributed by atoms with Crippen LogP contribution in [0.1, 0.15) is 51.0 Å². The van der Waals surface area contributed by atoms with E-state index in [4.69, 9.17) is 0 Å². The first-order chi connectivity index (χ1) is 10.6. The summed E-state index contributed by atoms with van der Waals surface area (Å²) in [4.78, 5) is 12.8. The number of hydrazone groups is 1. The molecule has 116 valence electrons. The van der Waals surface area contributed by atoms with Gasteiger partial charge in [0, 0.05) is 0 Å². The van der Waals surface area contributed by atoms with Gasteiger partial charge in [-0.05, 0) is 68.8 Å². The molecule has 4 aliphatic rings. The summed E-state index contributed by atoms with van der Waals surface area (Å²) >= 11 is 0. The van der Waals surface area contributed by atoms with Crippen LogP contribution >= 0.6 is 0 Å². The van der Waals surface area contributed by atoms with Gasteiger partial charge in [0.05, 0.1) is 11.1 Å². The average Bonchev–Trinajstić information content (AvgIpc) is 2.51. The van der Waals surface area contributed by atoms with Crippen LogP contribution in [-0.2, 0) is 4.79 Å². The lowest BCUT2D eigenvalue weighted by molar-refractivity contribution is -0.146. The molecule has 0 spiro atoms. The number of rotatable bonds is 3. The van der Waals surface area contributed by atoms with Crippen LogP contribution in [0, 0.1) is 23.2 Å². The maximum Gasteiger partial charge on any atom is 0.246 e. The fraction of sp³-hybridized carbons (Fsp3) is 0.579. The first kappa shape index (κ1) is 14.0. The smallest absolute Gasteiger partial charge is 0.246 e. The Balaban J connectivity index is 1.48. The molecule has 4 saturated carbocycles. The quantitative estimate of drug-likeness (QED) is 0.670. The van der Waals surface area contributed by atoms with Crippen LogP contribution in [0.5, 0.6) is 0 Å². The van der Waals surface area contributed by atoms with Gasteiger partial charge in [0.1, 0.15) is 0 Å². The van der Waals surface area contributed by atoms with Gasteiger partial charge in [-0.2, -0.15) is 5.10 Å². The van der Waals surface area contributed by atoms with E-state index in [1.807, 2.05) is 37.3 Å². The molecule has 4 aliphatic carbocycles. The standard InChI is InChI=1S/C19H24N2O/c1-13(17-5-3-2-4-6-17)20-21-18(22)19-10-14-7-15(11-19)9-16(8-14)12-19/h2-6,14-16H,7-12H2,1H3,(H,21,22). The summed E-state index contributed by atoms with van der Waals surface area (Å²) in [5.74, 6) is 2.53. The molecule has 4 bridgehead atoms. The van der Waals surface area contributed by atoms with Crippen LogP contribution in [0.15, 0.2) is 35.4 Å². The second kappa shape index (κ2) is 5.22. The van der Waals surface area contributed by atoms with Gasteiger partial charge in [-0.25, -0.2) is 5.43 Å². The van der Waals surface area contributed by atoms with E-state index >= 15 is 0 Å². The molecule has 3 heteroatoms. The molecule has 0 aliphatic heterocycles. The third-order valence-corrected chi connectivity index (χ3v) is 6.04. The number of benzene rings is 1. The molecule has 1 aromatic carbocycles. The number of carbonyl (C=O) groups excluding carboxylic acids is 1. The van der Waals surface area contributed by atoms with Crippen molar-refractivity contribution in [2.75, 3.05) is 0 Å². The van der Waals surface area contributed by atoms with E-state index in [2.05, 4.69) is 10.5 Å². The highest BCUT2D eigenvalue weighted by Crippen LogP contribution is 2.60. The Morgan fingerprint density at radius 3 is 2.14 bits per heavy atom. The normalized spacial score (nSPS) is 36.4. The van der Waals surface area contributed by atoms with Crippen molar-refractivity contribution >= 4 is 11.6 Å². The van der Waals surface area contributed by atoms with Gasteiger partial charge in [-0.1, -0.05) is 30.3 Å². The Morgan fingerprint density at radius 2 is 1.59 bits per heavy atom. The van der Waals surface area contributed by atoms with E-state index < -0.39 is 0 Å². The summed E-state index contributed by atoms with van der Waals surface area (Å²) in [6.45, 7) is 1.95.